The fraction of sp³-hybridized carbons (Fsp3) is 0.276. The van der Waals surface area contributed by atoms with Gasteiger partial charge in [0.2, 0.25) is 11.8 Å². The lowest BCUT2D eigenvalue weighted by molar-refractivity contribution is 0.0397. The van der Waals surface area contributed by atoms with Gasteiger partial charge in [0.15, 0.2) is 21.6 Å². The van der Waals surface area contributed by atoms with Crippen molar-refractivity contribution >= 4 is 56.7 Å². The molecule has 0 amide bonds. The second-order valence-corrected chi connectivity index (χ2v) is 22.7. The first-order valence-electron chi connectivity index (χ1n) is 26.2. The highest BCUT2D eigenvalue weighted by Gasteiger charge is 2.45. The van der Waals surface area contributed by atoms with Gasteiger partial charge in [-0.3, -0.25) is 8.78 Å². The lowest BCUT2D eigenvalue weighted by Crippen LogP contribution is -2.17. The fourth-order valence-corrected chi connectivity index (χ4v) is 10.8. The summed E-state index contributed by atoms with van der Waals surface area (Å²) >= 11 is 2.31. The Morgan fingerprint density at radius 2 is 0.953 bits per heavy atom. The normalized spacial score (nSPS) is 14.0. The first-order valence-corrected chi connectivity index (χ1v) is 27.8. The third-order valence-corrected chi connectivity index (χ3v) is 16.5. The molecule has 2 aliphatic carbocycles. The molecule has 0 spiro atoms. The van der Waals surface area contributed by atoms with Gasteiger partial charge in [-0.2, -0.15) is 0 Å². The number of halogens is 8. The maximum absolute atomic E-state index is 16.2. The largest absolute Gasteiger partial charge is 0.472 e. The van der Waals surface area contributed by atoms with Gasteiger partial charge >= 0.3 is 11.9 Å². The Morgan fingerprint density at radius 1 is 0.529 bits per heavy atom. The number of nitrogens with zero attached hydrogens (tertiary/aromatic N) is 10. The van der Waals surface area contributed by atoms with E-state index in [1.165, 1.54) is 47.6 Å². The van der Waals surface area contributed by atoms with Crippen molar-refractivity contribution in [3.05, 3.63) is 164 Å². The van der Waals surface area contributed by atoms with Crippen LogP contribution in [0.5, 0.6) is 22.1 Å². The van der Waals surface area contributed by atoms with Crippen molar-refractivity contribution in [2.24, 2.45) is 10.8 Å². The standard InChI is InChI=1S/C58H44F8N10O7S2/c1-79-55-73-71-49(84-55)23-81-47-7-3-5-41(67-47)33-21-35(61)29(13-37(33)63)19-45-69-51-39(65)15-31(17-43(51)75(45)27-57(25-59)9-10-57)53(77)83-54(78)32-16-40(66)52-44(18-32)76(28-58(26-60)11-12-58)46(70-52)20-30-14-38(64)34(22-36(30)62)42-6-4-8-48(68-42)82-24-50-72-74-56(80-2)85-50/h3-8,13-18,21-22H,9-12,19-20,23-28H2,1-2H3. The number of benzene rings is 4. The van der Waals surface area contributed by atoms with Gasteiger partial charge in [0.05, 0.1) is 61.1 Å². The zero-order chi connectivity index (χ0) is 59.3. The molecule has 6 heterocycles. The van der Waals surface area contributed by atoms with Crippen LogP contribution in [0.1, 0.15) is 79.2 Å². The van der Waals surface area contributed by atoms with Crippen LogP contribution >= 0.6 is 22.7 Å². The smallest absolute Gasteiger partial charge is 0.346 e. The number of hydrogen-bond acceptors (Lipinski definition) is 17. The van der Waals surface area contributed by atoms with Crippen molar-refractivity contribution < 1.29 is 68.4 Å². The molecule has 0 N–H and O–H groups in total. The number of carbonyl (C=O) groups is 2. The Hall–Kier alpha value is -8.98. The number of alkyl halides is 2. The van der Waals surface area contributed by atoms with E-state index in [4.69, 9.17) is 23.7 Å². The minimum absolute atomic E-state index is 0.00198. The van der Waals surface area contributed by atoms with E-state index in [9.17, 15) is 18.4 Å². The predicted molar refractivity (Wildman–Crippen MR) is 291 cm³/mol. The molecule has 2 aliphatic rings. The molecule has 17 nitrogen and oxygen atoms in total. The van der Waals surface area contributed by atoms with Crippen LogP contribution in [0.3, 0.4) is 0 Å². The molecule has 0 radical (unpaired) electrons. The number of ether oxygens (including phenoxy) is 5. The third-order valence-electron chi connectivity index (χ3n) is 14.8. The van der Waals surface area contributed by atoms with Crippen LogP contribution in [-0.4, -0.2) is 89.0 Å². The van der Waals surface area contributed by atoms with Gasteiger partial charge in [-0.1, -0.05) is 45.0 Å². The van der Waals surface area contributed by atoms with E-state index in [1.807, 2.05) is 0 Å². The van der Waals surface area contributed by atoms with Gasteiger partial charge in [0.1, 0.15) is 59.2 Å². The molecule has 12 rings (SSSR count). The van der Waals surface area contributed by atoms with Crippen molar-refractivity contribution in [2.45, 2.75) is 64.8 Å². The molecule has 0 aliphatic heterocycles. The number of hydrogen-bond donors (Lipinski definition) is 0. The number of fused-ring (bicyclic) bond motifs is 2. The first kappa shape index (κ1) is 56.5. The van der Waals surface area contributed by atoms with Gasteiger partial charge in [0.25, 0.3) is 10.4 Å². The molecule has 10 aromatic rings. The minimum Gasteiger partial charge on any atom is -0.472 e. The second-order valence-electron chi connectivity index (χ2n) is 20.7. The highest BCUT2D eigenvalue weighted by Crippen LogP contribution is 2.49. The van der Waals surface area contributed by atoms with Gasteiger partial charge in [-0.05, 0) is 97.5 Å². The summed E-state index contributed by atoms with van der Waals surface area (Å²) in [6, 6.07) is 16.7. The molecular formula is C58H44F8N10O7S2. The van der Waals surface area contributed by atoms with Crippen LogP contribution in [0.4, 0.5) is 35.1 Å². The Bertz CT molecular complexity index is 4000. The molecule has 2 saturated carbocycles. The molecule has 436 valence electrons. The predicted octanol–water partition coefficient (Wildman–Crippen LogP) is 11.9. The molecule has 0 atom stereocenters. The second kappa shape index (κ2) is 22.9. The molecular weight excluding hydrogens is 1160 g/mol. The summed E-state index contributed by atoms with van der Waals surface area (Å²) in [5.41, 5.74) is -4.17. The monoisotopic (exact) mass is 1210 g/mol. The third kappa shape index (κ3) is 11.7. The summed E-state index contributed by atoms with van der Waals surface area (Å²) in [6.07, 6.45) is 0.947. The SMILES string of the molecule is COc1nnc(COc2cccc(-c3cc(F)c(Cc4nc5c(F)cc(C(=O)OC(=O)c6cc(F)c7nc(Cc8cc(F)c(-c9cccc(OCc%10nnc(OC)s%10)n9)cc8F)n(CC8(CF)CC8)c7c6)cc5n4CC4(CF)CC4)cc3F)n2)s1. The van der Waals surface area contributed by atoms with Crippen molar-refractivity contribution in [3.63, 3.8) is 0 Å². The summed E-state index contributed by atoms with van der Waals surface area (Å²) in [7, 11) is 2.89. The molecule has 0 unspecified atom stereocenters. The van der Waals surface area contributed by atoms with E-state index in [-0.39, 0.29) is 105 Å². The number of imidazole rings is 2. The van der Waals surface area contributed by atoms with Crippen LogP contribution in [0.2, 0.25) is 0 Å². The summed E-state index contributed by atoms with van der Waals surface area (Å²) in [6.45, 7) is -1.77. The maximum Gasteiger partial charge on any atom is 0.346 e. The fourth-order valence-electron chi connectivity index (χ4n) is 9.71. The number of pyridine rings is 2. The summed E-state index contributed by atoms with van der Waals surface area (Å²) in [5.74, 6) is -8.18. The van der Waals surface area contributed by atoms with Gasteiger partial charge in [0, 0.05) is 60.0 Å². The van der Waals surface area contributed by atoms with Crippen molar-refractivity contribution in [2.75, 3.05) is 27.6 Å². The highest BCUT2D eigenvalue weighted by molar-refractivity contribution is 7.13. The number of aromatic nitrogens is 10. The van der Waals surface area contributed by atoms with E-state index in [0.717, 1.165) is 71.2 Å². The van der Waals surface area contributed by atoms with E-state index in [0.29, 0.717) is 46.1 Å². The van der Waals surface area contributed by atoms with Crippen LogP contribution < -0.4 is 18.9 Å². The van der Waals surface area contributed by atoms with Crippen LogP contribution in [0, 0.1) is 45.7 Å². The highest BCUT2D eigenvalue weighted by atomic mass is 32.1. The molecule has 6 aromatic heterocycles. The van der Waals surface area contributed by atoms with E-state index < -0.39 is 95.0 Å². The molecule has 4 aromatic carbocycles. The van der Waals surface area contributed by atoms with E-state index in [1.54, 1.807) is 12.1 Å². The Morgan fingerprint density at radius 3 is 1.33 bits per heavy atom. The molecule has 0 bridgehead atoms. The van der Waals surface area contributed by atoms with Crippen molar-refractivity contribution in [3.8, 4) is 44.7 Å². The van der Waals surface area contributed by atoms with Crippen molar-refractivity contribution in [1.82, 2.24) is 49.5 Å². The van der Waals surface area contributed by atoms with Crippen LogP contribution in [0.25, 0.3) is 44.6 Å². The van der Waals surface area contributed by atoms with E-state index in [2.05, 4.69) is 40.3 Å². The van der Waals surface area contributed by atoms with Gasteiger partial charge < -0.3 is 32.8 Å². The minimum atomic E-state index is -1.38. The number of methoxy groups -OCH3 is 2. The topological polar surface area (TPSA) is 193 Å². The quantitative estimate of drug-likeness (QED) is 0.0353. The molecule has 27 heteroatoms. The van der Waals surface area contributed by atoms with Crippen LogP contribution in [-0.2, 0) is 43.9 Å². The zero-order valence-electron chi connectivity index (χ0n) is 44.7. The van der Waals surface area contributed by atoms with E-state index >= 15 is 26.3 Å². The van der Waals surface area contributed by atoms with Crippen molar-refractivity contribution in [1.29, 1.82) is 0 Å². The van der Waals surface area contributed by atoms with Gasteiger partial charge in [-0.25, -0.2) is 55.9 Å². The summed E-state index contributed by atoms with van der Waals surface area (Å²) < 4.78 is 155. The molecule has 2 fully saturated rings. The molecule has 85 heavy (non-hydrogen) atoms. The number of esters is 2. The van der Waals surface area contributed by atoms with Crippen LogP contribution in [0.15, 0.2) is 84.9 Å². The number of carbonyl (C=O) groups excluding carboxylic acids is 2. The maximum atomic E-state index is 16.2. The Labute approximate surface area is 484 Å². The lowest BCUT2D eigenvalue weighted by atomic mass is 10.0. The summed E-state index contributed by atoms with van der Waals surface area (Å²) in [4.78, 5) is 45.2. The Kier molecular flexibility index (Phi) is 15.2. The average Bonchev–Trinajstić information content (AvgIpc) is 3.22. The molecule has 0 saturated heterocycles. The zero-order valence-corrected chi connectivity index (χ0v) is 46.4. The number of rotatable bonds is 22. The average molecular weight is 1210 g/mol. The van der Waals surface area contributed by atoms with Gasteiger partial charge in [-0.15, -0.1) is 10.2 Å². The lowest BCUT2D eigenvalue weighted by Gasteiger charge is -2.16. The first-order chi connectivity index (χ1) is 41.0. The Balaban J connectivity index is 0.792. The summed E-state index contributed by atoms with van der Waals surface area (Å²) in [5, 5.41) is 17.2.